The molecule has 6 heteroatoms. The molecule has 0 aliphatic carbocycles. The Morgan fingerprint density at radius 2 is 1.61 bits per heavy atom. The Morgan fingerprint density at radius 1 is 1.04 bits per heavy atom. The maximum absolute atomic E-state index is 12.0. The molecule has 0 fully saturated rings. The van der Waals surface area contributed by atoms with E-state index in [0.717, 1.165) is 11.1 Å². The second-order valence-corrected chi connectivity index (χ2v) is 6.71. The Kier molecular flexibility index (Phi) is 6.85. The fourth-order valence-electron chi connectivity index (χ4n) is 2.09. The van der Waals surface area contributed by atoms with Crippen LogP contribution in [0.4, 0.5) is 4.79 Å². The van der Waals surface area contributed by atoms with Crippen LogP contribution in [0, 0.1) is 0 Å². The molecule has 0 aliphatic rings. The first-order valence-electron chi connectivity index (χ1n) is 7.28. The fourth-order valence-corrected chi connectivity index (χ4v) is 3.01. The number of benzene rings is 2. The van der Waals surface area contributed by atoms with Crippen LogP contribution in [0.3, 0.4) is 0 Å². The molecular weight excluding hydrogens is 313 g/mol. The van der Waals surface area contributed by atoms with E-state index in [0.29, 0.717) is 6.42 Å². The third-order valence-electron chi connectivity index (χ3n) is 3.27. The van der Waals surface area contributed by atoms with Crippen molar-refractivity contribution in [3.63, 3.8) is 0 Å². The maximum atomic E-state index is 12.0. The smallest absolute Gasteiger partial charge is 0.408 e. The van der Waals surface area contributed by atoms with Crippen molar-refractivity contribution in [2.45, 2.75) is 18.8 Å². The summed E-state index contributed by atoms with van der Waals surface area (Å²) in [4.78, 5) is 11.9. The number of alkyl carbamates (subject to hydrolysis) is 1. The number of amides is 1. The minimum absolute atomic E-state index is 0.165. The molecule has 2 rings (SSSR count). The van der Waals surface area contributed by atoms with Crippen molar-refractivity contribution in [3.05, 3.63) is 71.8 Å². The van der Waals surface area contributed by atoms with E-state index < -0.39 is 19.9 Å². The Balaban J connectivity index is 1.91. The van der Waals surface area contributed by atoms with E-state index in [1.807, 2.05) is 60.7 Å². The van der Waals surface area contributed by atoms with Gasteiger partial charge in [-0.1, -0.05) is 60.7 Å². The van der Waals surface area contributed by atoms with Crippen molar-refractivity contribution < 1.29 is 18.6 Å². The molecule has 0 saturated heterocycles. The van der Waals surface area contributed by atoms with Crippen molar-refractivity contribution in [2.75, 3.05) is 7.11 Å². The highest BCUT2D eigenvalue weighted by atomic mass is 31.1. The van der Waals surface area contributed by atoms with Gasteiger partial charge in [-0.2, -0.15) is 0 Å². The van der Waals surface area contributed by atoms with Gasteiger partial charge in [0.15, 0.2) is 0 Å². The summed E-state index contributed by atoms with van der Waals surface area (Å²) in [5.74, 6) is -0.601. The number of ether oxygens (including phenoxy) is 1. The largest absolute Gasteiger partial charge is 0.445 e. The van der Waals surface area contributed by atoms with Crippen LogP contribution in [0.5, 0.6) is 0 Å². The van der Waals surface area contributed by atoms with Crippen molar-refractivity contribution in [2.24, 2.45) is 0 Å². The summed E-state index contributed by atoms with van der Waals surface area (Å²) in [7, 11) is -1.03. The van der Waals surface area contributed by atoms with E-state index in [2.05, 4.69) is 5.32 Å². The zero-order chi connectivity index (χ0) is 16.5. The summed E-state index contributed by atoms with van der Waals surface area (Å²) in [6.45, 7) is 0.165. The van der Waals surface area contributed by atoms with Gasteiger partial charge in [0.05, 0.1) is 0 Å². The van der Waals surface area contributed by atoms with E-state index in [4.69, 9.17) is 9.26 Å². The van der Waals surface area contributed by atoms with Crippen LogP contribution in [0.15, 0.2) is 60.7 Å². The molecule has 2 atom stereocenters. The number of carbonyl (C=O) groups is 1. The van der Waals surface area contributed by atoms with Gasteiger partial charge in [-0.3, -0.25) is 4.57 Å². The number of carbonyl (C=O) groups excluding carboxylic acids is 1. The predicted octanol–water partition coefficient (Wildman–Crippen LogP) is 3.60. The second-order valence-electron chi connectivity index (χ2n) is 4.97. The fraction of sp³-hybridized carbons (Fsp3) is 0.235. The molecule has 0 saturated carbocycles. The molecular formula is C17H20NO4P. The topological polar surface area (TPSA) is 64.6 Å². The molecule has 2 aromatic carbocycles. The van der Waals surface area contributed by atoms with Crippen LogP contribution < -0.4 is 5.32 Å². The molecule has 0 radical (unpaired) electrons. The summed E-state index contributed by atoms with van der Waals surface area (Å²) in [5, 5.41) is 2.63. The average molecular weight is 333 g/mol. The van der Waals surface area contributed by atoms with Crippen LogP contribution >= 0.6 is 8.03 Å². The Morgan fingerprint density at radius 3 is 2.17 bits per heavy atom. The number of hydrogen-bond donors (Lipinski definition) is 1. The molecule has 2 aromatic rings. The maximum Gasteiger partial charge on any atom is 0.408 e. The van der Waals surface area contributed by atoms with Gasteiger partial charge in [-0.25, -0.2) is 4.79 Å². The van der Waals surface area contributed by atoms with Gasteiger partial charge in [0.25, 0.3) is 0 Å². The molecule has 0 heterocycles. The molecule has 0 aromatic heterocycles. The first-order chi connectivity index (χ1) is 11.2. The second kappa shape index (κ2) is 9.13. The summed E-state index contributed by atoms with van der Waals surface area (Å²) >= 11 is 0. The van der Waals surface area contributed by atoms with Gasteiger partial charge in [0, 0.05) is 13.5 Å². The van der Waals surface area contributed by atoms with Crippen molar-refractivity contribution >= 4 is 14.1 Å². The van der Waals surface area contributed by atoms with Crippen LogP contribution in [0.1, 0.15) is 11.1 Å². The lowest BCUT2D eigenvalue weighted by atomic mass is 10.1. The molecule has 23 heavy (non-hydrogen) atoms. The minimum Gasteiger partial charge on any atom is -0.445 e. The van der Waals surface area contributed by atoms with Crippen LogP contribution in [-0.4, -0.2) is 19.0 Å². The van der Waals surface area contributed by atoms with Crippen molar-refractivity contribution in [3.8, 4) is 0 Å². The Hall–Kier alpha value is -2.10. The predicted molar refractivity (Wildman–Crippen MR) is 89.7 cm³/mol. The third kappa shape index (κ3) is 5.89. The van der Waals surface area contributed by atoms with Gasteiger partial charge in [-0.15, -0.1) is 0 Å². The quantitative estimate of drug-likeness (QED) is 0.786. The summed E-state index contributed by atoms with van der Waals surface area (Å²) in [5.41, 5.74) is 1.86. The van der Waals surface area contributed by atoms with Gasteiger partial charge >= 0.3 is 6.09 Å². The van der Waals surface area contributed by atoms with Gasteiger partial charge in [0.2, 0.25) is 8.03 Å². The van der Waals surface area contributed by atoms with Crippen molar-refractivity contribution in [1.82, 2.24) is 5.32 Å². The first kappa shape index (κ1) is 17.3. The molecule has 5 nitrogen and oxygen atoms in total. The summed E-state index contributed by atoms with van der Waals surface area (Å²) < 4.78 is 22.1. The SMILES string of the molecule is CO[PH](=O)[C@H](Cc1ccccc1)NC(=O)OCc1ccccc1. The molecule has 0 bridgehead atoms. The highest BCUT2D eigenvalue weighted by Gasteiger charge is 2.20. The lowest BCUT2D eigenvalue weighted by Gasteiger charge is -2.17. The number of hydrogen-bond acceptors (Lipinski definition) is 4. The van der Waals surface area contributed by atoms with Crippen LogP contribution in [0.25, 0.3) is 0 Å². The summed E-state index contributed by atoms with van der Waals surface area (Å²) in [6.07, 6.45) is -0.183. The Bertz CT molecular complexity index is 634. The highest BCUT2D eigenvalue weighted by molar-refractivity contribution is 7.40. The lowest BCUT2D eigenvalue weighted by Crippen LogP contribution is -2.34. The molecule has 0 spiro atoms. The van der Waals surface area contributed by atoms with E-state index in [1.54, 1.807) is 0 Å². The number of rotatable bonds is 7. The summed E-state index contributed by atoms with van der Waals surface area (Å²) in [6, 6.07) is 18.9. The zero-order valence-corrected chi connectivity index (χ0v) is 13.9. The Labute approximate surface area is 136 Å². The standard InChI is InChI=1S/C17H20NO4P/c1-21-23(20)16(12-14-8-4-2-5-9-14)18-17(19)22-13-15-10-6-3-7-11-15/h2-11,16,23H,12-13H2,1H3,(H,18,19)/t16-/m1/s1. The van der Waals surface area contributed by atoms with Gasteiger partial charge < -0.3 is 14.6 Å². The zero-order valence-electron chi connectivity index (χ0n) is 12.9. The molecule has 1 amide bonds. The normalized spacial score (nSPS) is 13.1. The third-order valence-corrected chi connectivity index (χ3v) is 4.59. The van der Waals surface area contributed by atoms with E-state index in [1.165, 1.54) is 7.11 Å². The van der Waals surface area contributed by atoms with E-state index in [9.17, 15) is 9.36 Å². The minimum atomic E-state index is -2.40. The highest BCUT2D eigenvalue weighted by Crippen LogP contribution is 2.29. The van der Waals surface area contributed by atoms with Crippen LogP contribution in [-0.2, 0) is 26.9 Å². The van der Waals surface area contributed by atoms with E-state index in [-0.39, 0.29) is 6.61 Å². The van der Waals surface area contributed by atoms with E-state index >= 15 is 0 Å². The molecule has 1 unspecified atom stereocenters. The molecule has 1 N–H and O–H groups in total. The van der Waals surface area contributed by atoms with Crippen molar-refractivity contribution in [1.29, 1.82) is 0 Å². The van der Waals surface area contributed by atoms with Gasteiger partial charge in [-0.05, 0) is 11.1 Å². The monoisotopic (exact) mass is 333 g/mol. The molecule has 122 valence electrons. The van der Waals surface area contributed by atoms with Crippen LogP contribution in [0.2, 0.25) is 0 Å². The number of nitrogens with one attached hydrogen (secondary N) is 1. The van der Waals surface area contributed by atoms with Gasteiger partial charge in [0.1, 0.15) is 12.4 Å². The average Bonchev–Trinajstić information content (AvgIpc) is 2.60. The lowest BCUT2D eigenvalue weighted by molar-refractivity contribution is 0.138. The molecule has 0 aliphatic heterocycles. The first-order valence-corrected chi connectivity index (χ1v) is 8.67.